The Morgan fingerprint density at radius 1 is 0.800 bits per heavy atom. The molecule has 0 amide bonds. The summed E-state index contributed by atoms with van der Waals surface area (Å²) in [5, 5.41) is 0. The summed E-state index contributed by atoms with van der Waals surface area (Å²) in [5.74, 6) is 1.13. The first-order valence-electron chi connectivity index (χ1n) is 17.7. The number of carbonyl (C=O) groups excluding carboxylic acids is 1. The van der Waals surface area contributed by atoms with Crippen LogP contribution in [0.25, 0.3) is 0 Å². The van der Waals surface area contributed by atoms with Crippen LogP contribution >= 0.6 is 0 Å². The molecule has 0 saturated heterocycles. The van der Waals surface area contributed by atoms with Gasteiger partial charge in [-0.25, -0.2) is 0 Å². The van der Waals surface area contributed by atoms with E-state index in [2.05, 4.69) is 84.9 Å². The van der Waals surface area contributed by atoms with E-state index in [0.29, 0.717) is 18.4 Å². The van der Waals surface area contributed by atoms with Gasteiger partial charge in [-0.05, 0) is 110 Å². The first kappa shape index (κ1) is 33.2. The zero-order valence-corrected chi connectivity index (χ0v) is 29.7. The van der Waals surface area contributed by atoms with Crippen molar-refractivity contribution in [3.8, 4) is 0 Å². The molecule has 5 aliphatic carbocycles. The van der Waals surface area contributed by atoms with Crippen LogP contribution in [0, 0.1) is 50.2 Å². The highest BCUT2D eigenvalue weighted by atomic mass is 16.7. The van der Waals surface area contributed by atoms with Crippen molar-refractivity contribution in [2.24, 2.45) is 50.2 Å². The number of ether oxygens (including phenoxy) is 4. The third-order valence-corrected chi connectivity index (χ3v) is 15.0. The van der Waals surface area contributed by atoms with Crippen LogP contribution < -0.4 is 0 Å². The van der Waals surface area contributed by atoms with Crippen molar-refractivity contribution in [1.82, 2.24) is 0 Å². The van der Waals surface area contributed by atoms with E-state index in [1.54, 1.807) is 12.7 Å². The molecule has 10 atom stereocenters. The molecule has 0 spiro atoms. The Bertz CT molecular complexity index is 1290. The number of allylic oxidation sites excluding steroid dienone is 2. The molecule has 4 saturated carbocycles. The van der Waals surface area contributed by atoms with Gasteiger partial charge in [-0.15, -0.1) is 0 Å². The minimum absolute atomic E-state index is 0.0296. The van der Waals surface area contributed by atoms with E-state index in [0.717, 1.165) is 38.5 Å². The fourth-order valence-electron chi connectivity index (χ4n) is 12.2. The fourth-order valence-corrected chi connectivity index (χ4v) is 12.2. The highest BCUT2D eigenvalue weighted by molar-refractivity contribution is 5.78. The minimum Gasteiger partial charge on any atom is -0.469 e. The molecule has 0 N–H and O–H groups in total. The predicted molar refractivity (Wildman–Crippen MR) is 178 cm³/mol. The van der Waals surface area contributed by atoms with Gasteiger partial charge >= 0.3 is 5.97 Å². The summed E-state index contributed by atoms with van der Waals surface area (Å²) in [6, 6.07) is 10.7. The molecule has 5 aliphatic rings. The van der Waals surface area contributed by atoms with Crippen molar-refractivity contribution in [1.29, 1.82) is 0 Å². The topological polar surface area (TPSA) is 54.0 Å². The summed E-state index contributed by atoms with van der Waals surface area (Å²) in [6.07, 6.45) is 12.7. The molecule has 1 aromatic rings. The molecule has 0 bridgehead atoms. The van der Waals surface area contributed by atoms with Crippen LogP contribution in [-0.2, 0) is 30.3 Å². The molecule has 0 aromatic heterocycles. The van der Waals surface area contributed by atoms with Crippen LogP contribution in [0.3, 0.4) is 0 Å². The number of hydrogen-bond acceptors (Lipinski definition) is 5. The normalized spacial score (nSPS) is 45.3. The lowest BCUT2D eigenvalue weighted by Crippen LogP contribution is -2.67. The number of hydrogen-bond donors (Lipinski definition) is 0. The smallest absolute Gasteiger partial charge is 0.314 e. The second-order valence-electron chi connectivity index (χ2n) is 17.6. The summed E-state index contributed by atoms with van der Waals surface area (Å²) in [7, 11) is 3.19. The lowest BCUT2D eigenvalue weighted by Gasteiger charge is -2.71. The molecular formula is C40H60O5. The summed E-state index contributed by atoms with van der Waals surface area (Å²) in [5.41, 5.74) is 3.01. The molecule has 250 valence electrons. The van der Waals surface area contributed by atoms with Crippen molar-refractivity contribution in [3.63, 3.8) is 0 Å². The number of benzene rings is 1. The number of methoxy groups -OCH3 is 2. The van der Waals surface area contributed by atoms with Crippen molar-refractivity contribution >= 4 is 5.97 Å². The SMILES string of the molecule is COCO[C@H]1CC[C@@]2(C)C(CC[C@]3(C)C2CC=C2[C@@H]4CC(C)(C)C[C@@H](OCc5ccccc5)[C@]4(C)CC[C@]23C)[C@@]1(C)C(=O)OC. The average molecular weight is 621 g/mol. The van der Waals surface area contributed by atoms with E-state index >= 15 is 0 Å². The van der Waals surface area contributed by atoms with E-state index < -0.39 is 5.41 Å². The third kappa shape index (κ3) is 4.91. The van der Waals surface area contributed by atoms with Gasteiger partial charge in [-0.2, -0.15) is 0 Å². The maximum absolute atomic E-state index is 13.7. The number of fused-ring (bicyclic) bond motifs is 7. The first-order chi connectivity index (χ1) is 21.2. The zero-order valence-electron chi connectivity index (χ0n) is 29.7. The molecule has 6 rings (SSSR count). The monoisotopic (exact) mass is 620 g/mol. The number of carbonyl (C=O) groups is 1. The second kappa shape index (κ2) is 11.5. The highest BCUT2D eigenvalue weighted by Crippen LogP contribution is 2.76. The van der Waals surface area contributed by atoms with E-state index in [1.165, 1.54) is 31.9 Å². The molecule has 0 heterocycles. The first-order valence-corrected chi connectivity index (χ1v) is 17.7. The Kier molecular flexibility index (Phi) is 8.47. The van der Waals surface area contributed by atoms with Crippen LogP contribution in [0.15, 0.2) is 42.0 Å². The van der Waals surface area contributed by atoms with E-state index in [4.69, 9.17) is 18.9 Å². The Balaban J connectivity index is 1.34. The molecular weight excluding hydrogens is 560 g/mol. The Labute approximate surface area is 273 Å². The van der Waals surface area contributed by atoms with Gasteiger partial charge < -0.3 is 18.9 Å². The molecule has 1 aromatic carbocycles. The fraction of sp³-hybridized carbons (Fsp3) is 0.775. The quantitative estimate of drug-likeness (QED) is 0.173. The van der Waals surface area contributed by atoms with E-state index in [1.807, 2.05) is 0 Å². The largest absolute Gasteiger partial charge is 0.469 e. The van der Waals surface area contributed by atoms with E-state index in [-0.39, 0.29) is 58.0 Å². The molecule has 5 nitrogen and oxygen atoms in total. The van der Waals surface area contributed by atoms with Gasteiger partial charge in [0.15, 0.2) is 0 Å². The maximum atomic E-state index is 13.7. The minimum atomic E-state index is -0.686. The standard InChI is InChI=1S/C40H60O5/c1-35(2)23-29-28-15-16-30-37(4)19-18-32(45-26-42-8)40(7,34(41)43-9)31(37)17-20-39(30,6)38(28,5)22-21-36(29,3)33(24-35)44-25-27-13-11-10-12-14-27/h10-15,29-33H,16-26H2,1-9H3/t29-,30?,31?,32-,33+,36+,37+,38+,39+,40+/m0/s1. The number of esters is 1. The molecule has 5 heteroatoms. The third-order valence-electron chi connectivity index (χ3n) is 15.0. The number of rotatable bonds is 7. The Hall–Kier alpha value is -1.69. The summed E-state index contributed by atoms with van der Waals surface area (Å²) < 4.78 is 24.0. The lowest BCUT2D eigenvalue weighted by molar-refractivity contribution is -0.236. The van der Waals surface area contributed by atoms with Crippen LogP contribution in [0.2, 0.25) is 0 Å². The van der Waals surface area contributed by atoms with Gasteiger partial charge in [0.1, 0.15) is 6.79 Å². The van der Waals surface area contributed by atoms with Crippen LogP contribution in [0.4, 0.5) is 0 Å². The lowest BCUT2D eigenvalue weighted by atomic mass is 9.33. The zero-order chi connectivity index (χ0) is 32.5. The van der Waals surface area contributed by atoms with Crippen molar-refractivity contribution in [2.45, 2.75) is 125 Å². The predicted octanol–water partition coefficient (Wildman–Crippen LogP) is 9.15. The molecule has 0 aliphatic heterocycles. The van der Waals surface area contributed by atoms with Gasteiger partial charge in [0, 0.05) is 12.5 Å². The van der Waals surface area contributed by atoms with E-state index in [9.17, 15) is 4.79 Å². The van der Waals surface area contributed by atoms with Crippen LogP contribution in [-0.4, -0.2) is 39.2 Å². The highest BCUT2D eigenvalue weighted by Gasteiger charge is 2.70. The van der Waals surface area contributed by atoms with Gasteiger partial charge in [0.05, 0.1) is 31.3 Å². The van der Waals surface area contributed by atoms with Crippen molar-refractivity contribution < 1.29 is 23.7 Å². The maximum Gasteiger partial charge on any atom is 0.314 e. The Morgan fingerprint density at radius 2 is 1.53 bits per heavy atom. The molecule has 2 unspecified atom stereocenters. The second-order valence-corrected chi connectivity index (χ2v) is 17.6. The summed E-state index contributed by atoms with van der Waals surface area (Å²) in [4.78, 5) is 13.7. The van der Waals surface area contributed by atoms with Gasteiger partial charge in [0.2, 0.25) is 0 Å². The van der Waals surface area contributed by atoms with Gasteiger partial charge in [-0.3, -0.25) is 4.79 Å². The molecule has 4 fully saturated rings. The summed E-state index contributed by atoms with van der Waals surface area (Å²) in [6.45, 7) is 18.3. The molecule has 0 radical (unpaired) electrons. The Morgan fingerprint density at radius 3 is 2.22 bits per heavy atom. The van der Waals surface area contributed by atoms with Crippen LogP contribution in [0.5, 0.6) is 0 Å². The average Bonchev–Trinajstić information content (AvgIpc) is 3.00. The van der Waals surface area contributed by atoms with Gasteiger partial charge in [0.25, 0.3) is 0 Å². The van der Waals surface area contributed by atoms with Crippen molar-refractivity contribution in [3.05, 3.63) is 47.5 Å². The summed E-state index contributed by atoms with van der Waals surface area (Å²) >= 11 is 0. The van der Waals surface area contributed by atoms with Gasteiger partial charge in [-0.1, -0.05) is 83.5 Å². The molecule has 45 heavy (non-hydrogen) atoms. The van der Waals surface area contributed by atoms with Crippen LogP contribution in [0.1, 0.15) is 112 Å². The van der Waals surface area contributed by atoms with Crippen molar-refractivity contribution in [2.75, 3.05) is 21.0 Å².